The number of carbonyl (C=O) groups is 1. The Morgan fingerprint density at radius 1 is 1.30 bits per heavy atom. The molecular formula is C22H26N4O2S2. The minimum absolute atomic E-state index is 0.0223. The van der Waals surface area contributed by atoms with Gasteiger partial charge in [-0.1, -0.05) is 18.2 Å². The first-order valence-corrected chi connectivity index (χ1v) is 11.9. The number of thiophene rings is 2. The Hall–Kier alpha value is -2.42. The van der Waals surface area contributed by atoms with E-state index in [9.17, 15) is 9.90 Å². The summed E-state index contributed by atoms with van der Waals surface area (Å²) in [5.41, 5.74) is 1.25. The molecule has 0 spiro atoms. The third kappa shape index (κ3) is 4.83. The van der Waals surface area contributed by atoms with Gasteiger partial charge < -0.3 is 20.6 Å². The first kappa shape index (κ1) is 20.8. The average molecular weight is 443 g/mol. The van der Waals surface area contributed by atoms with Gasteiger partial charge in [-0.3, -0.25) is 4.79 Å². The number of guanidine groups is 1. The van der Waals surface area contributed by atoms with Gasteiger partial charge in [0, 0.05) is 40.6 Å². The number of hydrogen-bond acceptors (Lipinski definition) is 5. The van der Waals surface area contributed by atoms with Crippen LogP contribution in [0.3, 0.4) is 0 Å². The number of fused-ring (bicyclic) bond motifs is 2. The van der Waals surface area contributed by atoms with Crippen LogP contribution in [-0.2, 0) is 17.8 Å². The molecule has 3 heterocycles. The average Bonchev–Trinajstić information content (AvgIpc) is 3.41. The smallest absolute Gasteiger partial charge is 0.244 e. The van der Waals surface area contributed by atoms with Gasteiger partial charge in [-0.05, 0) is 47.9 Å². The van der Waals surface area contributed by atoms with Crippen LogP contribution in [0.5, 0.6) is 0 Å². The van der Waals surface area contributed by atoms with Gasteiger partial charge in [0.1, 0.15) is 12.6 Å². The van der Waals surface area contributed by atoms with Crippen LogP contribution in [-0.4, -0.2) is 48.1 Å². The zero-order chi connectivity index (χ0) is 20.9. The van der Waals surface area contributed by atoms with Crippen molar-refractivity contribution < 1.29 is 9.90 Å². The van der Waals surface area contributed by atoms with Crippen LogP contribution in [0.15, 0.2) is 46.8 Å². The lowest BCUT2D eigenvalue weighted by Crippen LogP contribution is -2.41. The zero-order valence-corrected chi connectivity index (χ0v) is 18.6. The maximum Gasteiger partial charge on any atom is 0.244 e. The molecule has 0 bridgehead atoms. The monoisotopic (exact) mass is 442 g/mol. The largest absolute Gasteiger partial charge is 0.386 e. The van der Waals surface area contributed by atoms with Crippen LogP contribution in [0.25, 0.3) is 10.1 Å². The number of amides is 1. The molecule has 8 heteroatoms. The molecule has 0 fully saturated rings. The van der Waals surface area contributed by atoms with Crippen molar-refractivity contribution >= 4 is 44.6 Å². The Labute approximate surface area is 184 Å². The number of rotatable bonds is 6. The van der Waals surface area contributed by atoms with Gasteiger partial charge in [0.15, 0.2) is 5.96 Å². The Morgan fingerprint density at radius 3 is 3.00 bits per heavy atom. The molecule has 6 nitrogen and oxygen atoms in total. The van der Waals surface area contributed by atoms with E-state index in [1.54, 1.807) is 22.7 Å². The summed E-state index contributed by atoms with van der Waals surface area (Å²) in [6, 6.07) is 12.2. The SMILES string of the molecule is CCNC(=NCC(=O)N1CCc2sccc2C1)NCC(O)c1cc2ccccc2s1. The zero-order valence-electron chi connectivity index (χ0n) is 16.9. The molecule has 1 amide bonds. The fraction of sp³-hybridized carbons (Fsp3) is 0.364. The molecule has 3 aromatic rings. The fourth-order valence-electron chi connectivity index (χ4n) is 3.51. The van der Waals surface area contributed by atoms with E-state index in [4.69, 9.17) is 0 Å². The molecule has 0 saturated carbocycles. The van der Waals surface area contributed by atoms with Crippen molar-refractivity contribution in [2.24, 2.45) is 4.99 Å². The van der Waals surface area contributed by atoms with Gasteiger partial charge >= 0.3 is 0 Å². The van der Waals surface area contributed by atoms with E-state index in [1.807, 2.05) is 36.1 Å². The maximum absolute atomic E-state index is 12.6. The summed E-state index contributed by atoms with van der Waals surface area (Å²) < 4.78 is 1.16. The summed E-state index contributed by atoms with van der Waals surface area (Å²) >= 11 is 3.36. The van der Waals surface area contributed by atoms with E-state index in [-0.39, 0.29) is 12.5 Å². The summed E-state index contributed by atoms with van der Waals surface area (Å²) in [4.78, 5) is 21.2. The second-order valence-corrected chi connectivity index (χ2v) is 9.33. The molecule has 1 aliphatic rings. The van der Waals surface area contributed by atoms with Crippen molar-refractivity contribution in [2.45, 2.75) is 26.0 Å². The molecule has 158 valence electrons. The maximum atomic E-state index is 12.6. The van der Waals surface area contributed by atoms with Gasteiger partial charge in [-0.2, -0.15) is 0 Å². The van der Waals surface area contributed by atoms with E-state index >= 15 is 0 Å². The van der Waals surface area contributed by atoms with E-state index in [0.717, 1.165) is 27.9 Å². The molecule has 1 aromatic carbocycles. The summed E-state index contributed by atoms with van der Waals surface area (Å²) in [5.74, 6) is 0.563. The topological polar surface area (TPSA) is 77.0 Å². The first-order chi connectivity index (χ1) is 14.6. The van der Waals surface area contributed by atoms with Gasteiger partial charge in [0.05, 0.1) is 0 Å². The van der Waals surface area contributed by atoms with E-state index in [1.165, 1.54) is 10.4 Å². The van der Waals surface area contributed by atoms with Crippen LogP contribution in [0.1, 0.15) is 28.3 Å². The van der Waals surface area contributed by atoms with Crippen molar-refractivity contribution in [1.82, 2.24) is 15.5 Å². The number of aliphatic hydroxyl groups is 1. The summed E-state index contributed by atoms with van der Waals surface area (Å²) in [6.45, 7) is 4.49. The number of nitrogens with one attached hydrogen (secondary N) is 2. The minimum Gasteiger partial charge on any atom is -0.386 e. The Kier molecular flexibility index (Phi) is 6.66. The van der Waals surface area contributed by atoms with E-state index in [0.29, 0.717) is 25.6 Å². The highest BCUT2D eigenvalue weighted by molar-refractivity contribution is 7.19. The van der Waals surface area contributed by atoms with E-state index in [2.05, 4.69) is 33.1 Å². The lowest BCUT2D eigenvalue weighted by atomic mass is 10.1. The second-order valence-electron chi connectivity index (χ2n) is 7.21. The van der Waals surface area contributed by atoms with Gasteiger partial charge in [0.25, 0.3) is 0 Å². The van der Waals surface area contributed by atoms with Crippen molar-refractivity contribution in [2.75, 3.05) is 26.2 Å². The van der Waals surface area contributed by atoms with Gasteiger partial charge in [0.2, 0.25) is 5.91 Å². The van der Waals surface area contributed by atoms with E-state index < -0.39 is 6.10 Å². The quantitative estimate of drug-likeness (QED) is 0.405. The molecule has 0 saturated heterocycles. The van der Waals surface area contributed by atoms with Gasteiger partial charge in [-0.25, -0.2) is 4.99 Å². The molecule has 1 aliphatic heterocycles. The van der Waals surface area contributed by atoms with Gasteiger partial charge in [-0.15, -0.1) is 22.7 Å². The third-order valence-corrected chi connectivity index (χ3v) is 7.35. The van der Waals surface area contributed by atoms with Crippen molar-refractivity contribution in [3.05, 3.63) is 57.1 Å². The molecule has 3 N–H and O–H groups in total. The van der Waals surface area contributed by atoms with Crippen LogP contribution < -0.4 is 10.6 Å². The summed E-state index contributed by atoms with van der Waals surface area (Å²) in [6.07, 6.45) is 0.281. The minimum atomic E-state index is -0.638. The number of benzene rings is 1. The highest BCUT2D eigenvalue weighted by Crippen LogP contribution is 2.29. The number of carbonyl (C=O) groups excluding carboxylic acids is 1. The Balaban J connectivity index is 1.33. The molecule has 1 atom stereocenters. The molecule has 1 unspecified atom stereocenters. The normalized spacial score (nSPS) is 15.1. The molecule has 0 radical (unpaired) electrons. The molecule has 30 heavy (non-hydrogen) atoms. The molecule has 2 aromatic heterocycles. The lowest BCUT2D eigenvalue weighted by molar-refractivity contribution is -0.130. The number of aliphatic imine (C=N–C) groups is 1. The van der Waals surface area contributed by atoms with Crippen LogP contribution in [0.2, 0.25) is 0 Å². The molecule has 4 rings (SSSR count). The van der Waals surface area contributed by atoms with Crippen LogP contribution in [0.4, 0.5) is 0 Å². The third-order valence-electron chi connectivity index (χ3n) is 5.11. The number of hydrogen-bond donors (Lipinski definition) is 3. The molecular weight excluding hydrogens is 416 g/mol. The summed E-state index contributed by atoms with van der Waals surface area (Å²) in [7, 11) is 0. The first-order valence-electron chi connectivity index (χ1n) is 10.2. The highest BCUT2D eigenvalue weighted by Gasteiger charge is 2.21. The predicted molar refractivity (Wildman–Crippen MR) is 124 cm³/mol. The van der Waals surface area contributed by atoms with Crippen LogP contribution >= 0.6 is 22.7 Å². The second kappa shape index (κ2) is 9.59. The Bertz CT molecular complexity index is 1010. The molecule has 0 aliphatic carbocycles. The van der Waals surface area contributed by atoms with Crippen molar-refractivity contribution in [3.8, 4) is 0 Å². The Morgan fingerprint density at radius 2 is 2.17 bits per heavy atom. The standard InChI is InChI=1S/C22H26N4O2S2/c1-2-23-22(24-12-17(27)20-11-15-5-3-4-6-19(15)30-20)25-13-21(28)26-9-7-18-16(14-26)8-10-29-18/h3-6,8,10-11,17,27H,2,7,9,12-14H2,1H3,(H2,23,24,25). The fourth-order valence-corrected chi connectivity index (χ4v) is 5.45. The number of aliphatic hydroxyl groups excluding tert-OH is 1. The van der Waals surface area contributed by atoms with Crippen molar-refractivity contribution in [3.63, 3.8) is 0 Å². The van der Waals surface area contributed by atoms with Crippen LogP contribution in [0, 0.1) is 0 Å². The van der Waals surface area contributed by atoms with Crippen molar-refractivity contribution in [1.29, 1.82) is 0 Å². The highest BCUT2D eigenvalue weighted by atomic mass is 32.1. The summed E-state index contributed by atoms with van der Waals surface area (Å²) in [5, 5.41) is 20.1. The predicted octanol–water partition coefficient (Wildman–Crippen LogP) is 3.14. The lowest BCUT2D eigenvalue weighted by Gasteiger charge is -2.26. The number of nitrogens with zero attached hydrogens (tertiary/aromatic N) is 2.